The quantitative estimate of drug-likeness (QED) is 0.0211. The number of carbonyl (C=O) groups is 3. The van der Waals surface area contributed by atoms with Crippen molar-refractivity contribution < 1.29 is 42.9 Å². The summed E-state index contributed by atoms with van der Waals surface area (Å²) in [5.74, 6) is -2.01. The Kier molecular flexibility index (Phi) is 63.7. The zero-order valence-corrected chi connectivity index (χ0v) is 56.3. The number of carboxylic acids is 1. The first-order valence-corrected chi connectivity index (χ1v) is 35.8. The third-order valence-electron chi connectivity index (χ3n) is 15.7. The fourth-order valence-electron chi connectivity index (χ4n) is 10.2. The summed E-state index contributed by atoms with van der Waals surface area (Å²) in [4.78, 5) is 37.6. The van der Waals surface area contributed by atoms with Crippen LogP contribution in [0.1, 0.15) is 322 Å². The largest absolute Gasteiger partial charge is 0.477 e. The van der Waals surface area contributed by atoms with E-state index < -0.39 is 24.3 Å². The molecule has 0 aliphatic rings. The number of unbranched alkanes of at least 4 members (excludes halogenated alkanes) is 37. The summed E-state index contributed by atoms with van der Waals surface area (Å²) in [5.41, 5.74) is 0. The molecule has 0 aromatic rings. The van der Waals surface area contributed by atoms with Gasteiger partial charge in [-0.25, -0.2) is 4.79 Å². The summed E-state index contributed by atoms with van der Waals surface area (Å²) in [6.45, 7) is 4.79. The van der Waals surface area contributed by atoms with E-state index in [-0.39, 0.29) is 32.2 Å². The monoisotopic (exact) mass is 1190 g/mol. The first kappa shape index (κ1) is 81.5. The zero-order chi connectivity index (χ0) is 61.9. The smallest absolute Gasteiger partial charge is 0.361 e. The number of carbonyl (C=O) groups excluding carboxylic acids is 2. The van der Waals surface area contributed by atoms with Crippen molar-refractivity contribution in [3.05, 3.63) is 85.1 Å². The Morgan fingerprint density at radius 2 is 0.671 bits per heavy atom. The molecule has 0 radical (unpaired) electrons. The lowest BCUT2D eigenvalue weighted by Gasteiger charge is -2.25. The predicted molar refractivity (Wildman–Crippen MR) is 364 cm³/mol. The van der Waals surface area contributed by atoms with E-state index in [0.717, 1.165) is 89.9 Å². The number of esters is 2. The number of hydrogen-bond acceptors (Lipinski definition) is 7. The summed E-state index contributed by atoms with van der Waals surface area (Å²) in [5, 5.41) is 9.75. The van der Waals surface area contributed by atoms with Gasteiger partial charge in [-0.05, 0) is 70.6 Å². The van der Waals surface area contributed by atoms with Crippen molar-refractivity contribution in [3.63, 3.8) is 0 Å². The van der Waals surface area contributed by atoms with Crippen LogP contribution in [0, 0.1) is 0 Å². The van der Waals surface area contributed by atoms with Crippen LogP contribution in [0.2, 0.25) is 0 Å². The van der Waals surface area contributed by atoms with Crippen LogP contribution in [0.3, 0.4) is 0 Å². The van der Waals surface area contributed by atoms with E-state index in [1.54, 1.807) is 0 Å². The van der Waals surface area contributed by atoms with Gasteiger partial charge in [0.05, 0.1) is 34.4 Å². The molecule has 0 aliphatic heterocycles. The molecular weight excluding hydrogens is 1050 g/mol. The fourth-order valence-corrected chi connectivity index (χ4v) is 10.2. The topological polar surface area (TPSA) is 108 Å². The minimum absolute atomic E-state index is 0.183. The average Bonchev–Trinajstić information content (AvgIpc) is 3.48. The molecular formula is C76H136NO8+. The van der Waals surface area contributed by atoms with Crippen molar-refractivity contribution in [2.75, 3.05) is 47.5 Å². The molecule has 9 nitrogen and oxygen atoms in total. The SMILES string of the molecule is CC/C=C\C/C=C\C/C=C\C/C=C\C/C=C\C/C=C\C/C=C\CCCCCCCCCC(=O)OC(COC(=O)CCCCCCCCCCCCCCCCCCCCCCCCCCCCCCCCC)COC(OCC[N+](C)(C)C)C(=O)O. The molecule has 492 valence electrons. The van der Waals surface area contributed by atoms with Gasteiger partial charge in [0.2, 0.25) is 0 Å². The van der Waals surface area contributed by atoms with E-state index in [0.29, 0.717) is 23.9 Å². The van der Waals surface area contributed by atoms with Crippen LogP contribution in [0.25, 0.3) is 0 Å². The van der Waals surface area contributed by atoms with E-state index >= 15 is 0 Å². The van der Waals surface area contributed by atoms with Gasteiger partial charge in [0.25, 0.3) is 6.29 Å². The summed E-state index contributed by atoms with van der Waals surface area (Å²) < 4.78 is 23.0. The highest BCUT2D eigenvalue weighted by Crippen LogP contribution is 2.18. The van der Waals surface area contributed by atoms with Crippen LogP contribution in [0.15, 0.2) is 85.1 Å². The minimum Gasteiger partial charge on any atom is -0.477 e. The highest BCUT2D eigenvalue weighted by molar-refractivity contribution is 5.71. The van der Waals surface area contributed by atoms with Gasteiger partial charge in [-0.3, -0.25) is 9.59 Å². The van der Waals surface area contributed by atoms with Crippen LogP contribution in [-0.4, -0.2) is 87.4 Å². The van der Waals surface area contributed by atoms with Crippen LogP contribution in [0.5, 0.6) is 0 Å². The molecule has 0 spiro atoms. The molecule has 0 amide bonds. The molecule has 0 rings (SSSR count). The Labute approximate surface area is 525 Å². The lowest BCUT2D eigenvalue weighted by atomic mass is 10.0. The second-order valence-electron chi connectivity index (χ2n) is 25.2. The molecule has 0 aromatic heterocycles. The molecule has 0 aromatic carbocycles. The molecule has 0 fully saturated rings. The number of quaternary nitrogens is 1. The van der Waals surface area contributed by atoms with Crippen molar-refractivity contribution in [2.24, 2.45) is 0 Å². The number of hydrogen-bond donors (Lipinski definition) is 1. The highest BCUT2D eigenvalue weighted by Gasteiger charge is 2.25. The third kappa shape index (κ3) is 67.8. The minimum atomic E-state index is -1.52. The lowest BCUT2D eigenvalue weighted by molar-refractivity contribution is -0.870. The van der Waals surface area contributed by atoms with Crippen molar-refractivity contribution in [2.45, 2.75) is 334 Å². The molecule has 9 heteroatoms. The van der Waals surface area contributed by atoms with E-state index in [1.807, 2.05) is 21.1 Å². The molecule has 0 saturated heterocycles. The number of nitrogens with zero attached hydrogens (tertiary/aromatic N) is 1. The van der Waals surface area contributed by atoms with Crippen molar-refractivity contribution in [1.82, 2.24) is 0 Å². The van der Waals surface area contributed by atoms with Gasteiger partial charge >= 0.3 is 17.9 Å². The summed E-state index contributed by atoms with van der Waals surface area (Å²) in [7, 11) is 5.98. The first-order valence-electron chi connectivity index (χ1n) is 35.8. The van der Waals surface area contributed by atoms with Gasteiger partial charge in [-0.15, -0.1) is 0 Å². The highest BCUT2D eigenvalue weighted by atomic mass is 16.7. The first-order chi connectivity index (χ1) is 41.6. The van der Waals surface area contributed by atoms with Crippen molar-refractivity contribution in [1.29, 1.82) is 0 Å². The Morgan fingerprint density at radius 1 is 0.365 bits per heavy atom. The van der Waals surface area contributed by atoms with Crippen LogP contribution in [-0.2, 0) is 33.3 Å². The average molecular weight is 1190 g/mol. The second-order valence-corrected chi connectivity index (χ2v) is 25.2. The normalized spacial score (nSPS) is 13.2. The standard InChI is InChI=1S/C76H135NO8/c1-6-8-10-12-14-16-18-20-22-24-26-28-30-32-34-36-37-39-40-42-44-46-48-50-52-54-56-58-60-62-64-66-73(78)83-70-72(71-84-76(75(80)81)82-69-68-77(3,4)5)85-74(79)67-65-63-61-59-57-55-53-51-49-47-45-43-41-38-35-33-31-29-27-25-23-21-19-17-15-13-11-9-7-2/h9,11,15,17,21,23,27,29,33,35,41,43,47,49,72,76H,6-8,10,12-14,16,18-20,22,24-26,28,30-32,34,36-40,42,44-46,48,50-71H2,1-5H3/p+1/b11-9-,17-15-,23-21-,29-27-,35-33-,43-41-,49-47-. The molecule has 1 N–H and O–H groups in total. The summed E-state index contributed by atoms with van der Waals surface area (Å²) in [6, 6.07) is 0. The predicted octanol–water partition coefficient (Wildman–Crippen LogP) is 22.2. The third-order valence-corrected chi connectivity index (χ3v) is 15.7. The Bertz CT molecular complexity index is 1670. The lowest BCUT2D eigenvalue weighted by Crippen LogP contribution is -2.40. The zero-order valence-electron chi connectivity index (χ0n) is 56.3. The number of carboxylic acid groups (broad SMARTS) is 1. The van der Waals surface area contributed by atoms with Crippen molar-refractivity contribution in [3.8, 4) is 0 Å². The van der Waals surface area contributed by atoms with Gasteiger partial charge in [0.15, 0.2) is 6.10 Å². The number of aliphatic carboxylic acids is 1. The molecule has 2 unspecified atom stereocenters. The van der Waals surface area contributed by atoms with Crippen LogP contribution < -0.4 is 0 Å². The van der Waals surface area contributed by atoms with E-state index in [9.17, 15) is 19.5 Å². The maximum atomic E-state index is 12.9. The molecule has 0 bridgehead atoms. The molecule has 85 heavy (non-hydrogen) atoms. The van der Waals surface area contributed by atoms with Crippen molar-refractivity contribution >= 4 is 17.9 Å². The van der Waals surface area contributed by atoms with Gasteiger partial charge in [0.1, 0.15) is 13.2 Å². The Balaban J connectivity index is 4.12. The Hall–Kier alpha value is -3.53. The number of ether oxygens (including phenoxy) is 4. The van der Waals surface area contributed by atoms with Crippen LogP contribution >= 0.6 is 0 Å². The number of rotatable bonds is 66. The molecule has 0 aliphatic carbocycles. The van der Waals surface area contributed by atoms with Gasteiger partial charge in [-0.2, -0.15) is 0 Å². The Morgan fingerprint density at radius 3 is 1.00 bits per heavy atom. The van der Waals surface area contributed by atoms with Gasteiger partial charge in [-0.1, -0.05) is 324 Å². The molecule has 2 atom stereocenters. The van der Waals surface area contributed by atoms with E-state index in [2.05, 4.69) is 98.9 Å². The van der Waals surface area contributed by atoms with Crippen LogP contribution in [0.4, 0.5) is 0 Å². The molecule has 0 heterocycles. The maximum Gasteiger partial charge on any atom is 0.361 e. The molecule has 0 saturated carbocycles. The fraction of sp³-hybridized carbons (Fsp3) is 0.776. The van der Waals surface area contributed by atoms with Gasteiger partial charge in [0, 0.05) is 12.8 Å². The van der Waals surface area contributed by atoms with Gasteiger partial charge < -0.3 is 28.5 Å². The van der Waals surface area contributed by atoms with E-state index in [1.165, 1.54) is 199 Å². The summed E-state index contributed by atoms with van der Waals surface area (Å²) >= 11 is 0. The maximum absolute atomic E-state index is 12.9. The number of allylic oxidation sites excluding steroid dienone is 14. The summed E-state index contributed by atoms with van der Waals surface area (Å²) in [6.07, 6.45) is 87.0. The second kappa shape index (κ2) is 66.4. The number of likely N-dealkylation sites (N-methyl/N-ethyl adjacent to an activating group) is 1. The van der Waals surface area contributed by atoms with E-state index in [4.69, 9.17) is 18.9 Å².